The van der Waals surface area contributed by atoms with Gasteiger partial charge < -0.3 is 10.2 Å². The van der Waals surface area contributed by atoms with Crippen molar-refractivity contribution in [2.45, 2.75) is 6.54 Å². The largest absolute Gasteiger partial charge is 0.456 e. The molecule has 0 saturated carbocycles. The zero-order chi connectivity index (χ0) is 13.2. The number of nitrogens with two attached hydrogens (primary N) is 1. The molecule has 2 heterocycles. The second-order valence-corrected chi connectivity index (χ2v) is 4.17. The van der Waals surface area contributed by atoms with Gasteiger partial charge in [-0.05, 0) is 24.3 Å². The van der Waals surface area contributed by atoms with E-state index in [1.807, 2.05) is 24.3 Å². The molecule has 0 aliphatic rings. The van der Waals surface area contributed by atoms with Crippen molar-refractivity contribution >= 4 is 16.7 Å². The topological polar surface area (TPSA) is 69.1 Å². The Labute approximate surface area is 109 Å². The van der Waals surface area contributed by atoms with Crippen molar-refractivity contribution in [2.24, 2.45) is 5.73 Å². The first-order valence-electron chi connectivity index (χ1n) is 5.97. The van der Waals surface area contributed by atoms with E-state index in [2.05, 4.69) is 4.98 Å². The second-order valence-electron chi connectivity index (χ2n) is 4.17. The summed E-state index contributed by atoms with van der Waals surface area (Å²) in [4.78, 5) is 16.7. The van der Waals surface area contributed by atoms with Gasteiger partial charge in [-0.2, -0.15) is 0 Å². The van der Waals surface area contributed by atoms with Gasteiger partial charge in [0.25, 0.3) is 0 Å². The molecule has 0 aliphatic heterocycles. The number of carbonyl (C=O) groups is 1. The lowest BCUT2D eigenvalue weighted by atomic mass is 10.0. The van der Waals surface area contributed by atoms with Crippen molar-refractivity contribution in [1.29, 1.82) is 0 Å². The monoisotopic (exact) mass is 252 g/mol. The molecule has 94 valence electrons. The van der Waals surface area contributed by atoms with Gasteiger partial charge in [-0.1, -0.05) is 18.2 Å². The number of carbonyl (C=O) groups excluding carboxylic acids is 1. The molecule has 0 amide bonds. The predicted molar refractivity (Wildman–Crippen MR) is 71.8 cm³/mol. The Bertz CT molecular complexity index is 741. The van der Waals surface area contributed by atoms with Crippen molar-refractivity contribution in [1.82, 2.24) is 4.98 Å². The van der Waals surface area contributed by atoms with Crippen molar-refractivity contribution in [3.8, 4) is 0 Å². The van der Waals surface area contributed by atoms with Gasteiger partial charge >= 0.3 is 0 Å². The minimum Gasteiger partial charge on any atom is -0.456 e. The van der Waals surface area contributed by atoms with Crippen LogP contribution in [-0.4, -0.2) is 10.8 Å². The molecule has 2 aromatic heterocycles. The third-order valence-electron chi connectivity index (χ3n) is 2.98. The zero-order valence-corrected chi connectivity index (χ0v) is 10.2. The number of hydrogen-bond donors (Lipinski definition) is 1. The van der Waals surface area contributed by atoms with Crippen molar-refractivity contribution in [2.75, 3.05) is 0 Å². The molecule has 0 saturated heterocycles. The van der Waals surface area contributed by atoms with E-state index in [1.165, 1.54) is 0 Å². The minimum absolute atomic E-state index is 0.154. The highest BCUT2D eigenvalue weighted by Gasteiger charge is 2.16. The van der Waals surface area contributed by atoms with Gasteiger partial charge in [0, 0.05) is 17.1 Å². The number of pyridine rings is 1. The lowest BCUT2D eigenvalue weighted by molar-refractivity contribution is 0.101. The van der Waals surface area contributed by atoms with Crippen LogP contribution in [0.5, 0.6) is 0 Å². The van der Waals surface area contributed by atoms with Gasteiger partial charge in [0.1, 0.15) is 5.76 Å². The number of ketones is 1. The average molecular weight is 252 g/mol. The van der Waals surface area contributed by atoms with Gasteiger partial charge in [0.05, 0.1) is 12.1 Å². The molecule has 0 fully saturated rings. The van der Waals surface area contributed by atoms with E-state index in [4.69, 9.17) is 10.2 Å². The number of benzene rings is 1. The van der Waals surface area contributed by atoms with Gasteiger partial charge in [-0.3, -0.25) is 9.78 Å². The first-order valence-corrected chi connectivity index (χ1v) is 5.97. The van der Waals surface area contributed by atoms with Crippen LogP contribution in [0.1, 0.15) is 21.9 Å². The molecule has 19 heavy (non-hydrogen) atoms. The maximum absolute atomic E-state index is 12.4. The van der Waals surface area contributed by atoms with Crippen LogP contribution in [-0.2, 0) is 6.54 Å². The van der Waals surface area contributed by atoms with E-state index < -0.39 is 0 Å². The Morgan fingerprint density at radius 1 is 1.16 bits per heavy atom. The fourth-order valence-electron chi connectivity index (χ4n) is 2.04. The molecule has 0 atom stereocenters. The lowest BCUT2D eigenvalue weighted by Crippen LogP contribution is -2.01. The smallest absolute Gasteiger partial charge is 0.228 e. The molecule has 4 nitrogen and oxygen atoms in total. The zero-order valence-electron chi connectivity index (χ0n) is 10.2. The van der Waals surface area contributed by atoms with Gasteiger partial charge in [0.15, 0.2) is 5.76 Å². The Hall–Kier alpha value is -2.46. The van der Waals surface area contributed by atoms with E-state index in [0.717, 1.165) is 10.9 Å². The molecule has 3 rings (SSSR count). The maximum atomic E-state index is 12.4. The van der Waals surface area contributed by atoms with Crippen LogP contribution >= 0.6 is 0 Å². The van der Waals surface area contributed by atoms with E-state index in [9.17, 15) is 4.79 Å². The summed E-state index contributed by atoms with van der Waals surface area (Å²) in [5.41, 5.74) is 6.85. The number of nitrogens with zero attached hydrogens (tertiary/aromatic N) is 1. The SMILES string of the molecule is NCc1ccc(C(=O)c2cccc3ncccc23)o1. The molecule has 0 unspecified atom stereocenters. The Morgan fingerprint density at radius 3 is 2.84 bits per heavy atom. The van der Waals surface area contributed by atoms with Crippen LogP contribution in [0, 0.1) is 0 Å². The second kappa shape index (κ2) is 4.66. The molecule has 0 bridgehead atoms. The summed E-state index contributed by atoms with van der Waals surface area (Å²) in [6.45, 7) is 0.282. The third kappa shape index (κ3) is 2.02. The lowest BCUT2D eigenvalue weighted by Gasteiger charge is -2.03. The van der Waals surface area contributed by atoms with Crippen LogP contribution in [0.2, 0.25) is 0 Å². The molecule has 1 aromatic carbocycles. The highest BCUT2D eigenvalue weighted by Crippen LogP contribution is 2.20. The summed E-state index contributed by atoms with van der Waals surface area (Å²) in [6.07, 6.45) is 1.70. The van der Waals surface area contributed by atoms with E-state index in [0.29, 0.717) is 17.1 Å². The van der Waals surface area contributed by atoms with Gasteiger partial charge in [0.2, 0.25) is 5.78 Å². The van der Waals surface area contributed by atoms with Crippen molar-refractivity contribution in [3.63, 3.8) is 0 Å². The fourth-order valence-corrected chi connectivity index (χ4v) is 2.04. The molecule has 4 heteroatoms. The van der Waals surface area contributed by atoms with E-state index in [-0.39, 0.29) is 12.3 Å². The summed E-state index contributed by atoms with van der Waals surface area (Å²) < 4.78 is 5.40. The number of rotatable bonds is 3. The van der Waals surface area contributed by atoms with Gasteiger partial charge in [-0.15, -0.1) is 0 Å². The van der Waals surface area contributed by atoms with Crippen LogP contribution in [0.25, 0.3) is 10.9 Å². The Balaban J connectivity index is 2.11. The fraction of sp³-hybridized carbons (Fsp3) is 0.0667. The summed E-state index contributed by atoms with van der Waals surface area (Å²) >= 11 is 0. The molecule has 0 spiro atoms. The molecular formula is C15H12N2O2. The van der Waals surface area contributed by atoms with E-state index in [1.54, 1.807) is 24.4 Å². The quantitative estimate of drug-likeness (QED) is 0.727. The molecule has 2 N–H and O–H groups in total. The number of furan rings is 1. The van der Waals surface area contributed by atoms with Crippen LogP contribution in [0.15, 0.2) is 53.1 Å². The molecular weight excluding hydrogens is 240 g/mol. The average Bonchev–Trinajstić information content (AvgIpc) is 2.95. The normalized spacial score (nSPS) is 10.8. The van der Waals surface area contributed by atoms with Crippen LogP contribution in [0.3, 0.4) is 0 Å². The Kier molecular flexibility index (Phi) is 2.85. The highest BCUT2D eigenvalue weighted by molar-refractivity contribution is 6.14. The first kappa shape index (κ1) is 11.6. The van der Waals surface area contributed by atoms with Crippen LogP contribution < -0.4 is 5.73 Å². The summed E-state index contributed by atoms with van der Waals surface area (Å²) in [5, 5.41) is 0.820. The molecule has 0 radical (unpaired) electrons. The van der Waals surface area contributed by atoms with Crippen molar-refractivity contribution < 1.29 is 9.21 Å². The van der Waals surface area contributed by atoms with E-state index >= 15 is 0 Å². The standard InChI is InChI=1S/C15H12N2O2/c16-9-10-6-7-14(19-10)15(18)12-3-1-5-13-11(12)4-2-8-17-13/h1-8H,9,16H2. The first-order chi connectivity index (χ1) is 9.29. The summed E-state index contributed by atoms with van der Waals surface area (Å²) in [5.74, 6) is 0.747. The summed E-state index contributed by atoms with van der Waals surface area (Å²) in [6, 6.07) is 12.5. The third-order valence-corrected chi connectivity index (χ3v) is 2.98. The van der Waals surface area contributed by atoms with Gasteiger partial charge in [-0.25, -0.2) is 0 Å². The van der Waals surface area contributed by atoms with Crippen molar-refractivity contribution in [3.05, 3.63) is 65.7 Å². The van der Waals surface area contributed by atoms with Crippen LogP contribution in [0.4, 0.5) is 0 Å². The Morgan fingerprint density at radius 2 is 2.05 bits per heavy atom. The predicted octanol–water partition coefficient (Wildman–Crippen LogP) is 2.52. The highest BCUT2D eigenvalue weighted by atomic mass is 16.3. The summed E-state index contributed by atoms with van der Waals surface area (Å²) in [7, 11) is 0. The maximum Gasteiger partial charge on any atom is 0.228 e. The molecule has 0 aliphatic carbocycles. The number of hydrogen-bond acceptors (Lipinski definition) is 4. The molecule has 3 aromatic rings. The minimum atomic E-state index is -0.154. The number of fused-ring (bicyclic) bond motifs is 1. The number of aromatic nitrogens is 1.